The van der Waals surface area contributed by atoms with Crippen LogP contribution in [-0.2, 0) is 4.79 Å². The lowest BCUT2D eigenvalue weighted by Crippen LogP contribution is -2.32. The van der Waals surface area contributed by atoms with Gasteiger partial charge in [-0.25, -0.2) is 0 Å². The summed E-state index contributed by atoms with van der Waals surface area (Å²) < 4.78 is 10.5. The van der Waals surface area contributed by atoms with Crippen molar-refractivity contribution in [1.29, 1.82) is 0 Å². The van der Waals surface area contributed by atoms with Gasteiger partial charge >= 0.3 is 0 Å². The van der Waals surface area contributed by atoms with Crippen molar-refractivity contribution >= 4 is 23.2 Å². The fourth-order valence-corrected chi connectivity index (χ4v) is 4.22. The Morgan fingerprint density at radius 2 is 1.85 bits per heavy atom. The number of hydrogen-bond donors (Lipinski definition) is 0. The number of fused-ring (bicyclic) bond motifs is 1. The lowest BCUT2D eigenvalue weighted by atomic mass is 10.1. The normalized spacial score (nSPS) is 22.6. The number of rotatable bonds is 4. The van der Waals surface area contributed by atoms with Crippen molar-refractivity contribution in [3.05, 3.63) is 53.1 Å². The van der Waals surface area contributed by atoms with Crippen LogP contribution in [0.15, 0.2) is 42.5 Å². The second-order valence-electron chi connectivity index (χ2n) is 6.57. The Balaban J connectivity index is 1.77. The molecule has 4 rings (SSSR count). The number of carbonyl (C=O) groups excluding carboxylic acids is 1. The summed E-state index contributed by atoms with van der Waals surface area (Å²) in [6.45, 7) is 0.910. The molecule has 2 aromatic carbocycles. The molecule has 0 radical (unpaired) electrons. The summed E-state index contributed by atoms with van der Waals surface area (Å²) >= 11 is 6.32. The summed E-state index contributed by atoms with van der Waals surface area (Å²) in [5.74, 6) is 1.53. The van der Waals surface area contributed by atoms with Crippen LogP contribution in [0.3, 0.4) is 0 Å². The number of nitrogens with zero attached hydrogens (tertiary/aromatic N) is 2. The van der Waals surface area contributed by atoms with E-state index in [4.69, 9.17) is 21.1 Å². The van der Waals surface area contributed by atoms with Gasteiger partial charge < -0.3 is 9.47 Å². The molecule has 0 bridgehead atoms. The average Bonchev–Trinajstić information content (AvgIpc) is 3.24. The summed E-state index contributed by atoms with van der Waals surface area (Å²) in [5, 5.41) is 0.498. The van der Waals surface area contributed by atoms with Gasteiger partial charge in [-0.3, -0.25) is 14.6 Å². The molecule has 1 amide bonds. The van der Waals surface area contributed by atoms with Crippen LogP contribution in [-0.4, -0.2) is 37.6 Å². The summed E-state index contributed by atoms with van der Waals surface area (Å²) in [6.07, 6.45) is 1.80. The zero-order valence-corrected chi connectivity index (χ0v) is 15.6. The Kier molecular flexibility index (Phi) is 4.51. The number of anilines is 1. The Morgan fingerprint density at radius 1 is 1.08 bits per heavy atom. The minimum atomic E-state index is -0.134. The highest BCUT2D eigenvalue weighted by Gasteiger charge is 2.49. The van der Waals surface area contributed by atoms with E-state index in [1.54, 1.807) is 26.4 Å². The second-order valence-corrected chi connectivity index (χ2v) is 6.98. The van der Waals surface area contributed by atoms with Crippen molar-refractivity contribution in [2.45, 2.75) is 25.0 Å². The van der Waals surface area contributed by atoms with Crippen LogP contribution >= 0.6 is 11.6 Å². The molecule has 2 aliphatic rings. The molecule has 5 nitrogen and oxygen atoms in total. The second kappa shape index (κ2) is 6.82. The van der Waals surface area contributed by atoms with Crippen molar-refractivity contribution in [1.82, 2.24) is 4.90 Å². The maximum atomic E-state index is 13.1. The number of ether oxygens (including phenoxy) is 2. The van der Waals surface area contributed by atoms with E-state index in [0.717, 1.165) is 36.4 Å². The third kappa shape index (κ3) is 2.72. The molecule has 0 N–H and O–H groups in total. The van der Waals surface area contributed by atoms with Gasteiger partial charge in [-0.05, 0) is 48.7 Å². The average molecular weight is 373 g/mol. The van der Waals surface area contributed by atoms with Crippen LogP contribution in [0.4, 0.5) is 5.69 Å². The summed E-state index contributed by atoms with van der Waals surface area (Å²) in [7, 11) is 3.23. The number of carbonyl (C=O) groups is 1. The third-order valence-electron chi connectivity index (χ3n) is 5.20. The monoisotopic (exact) mass is 372 g/mol. The Morgan fingerprint density at radius 3 is 2.50 bits per heavy atom. The van der Waals surface area contributed by atoms with Crippen LogP contribution in [0, 0.1) is 0 Å². The molecule has 2 atom stereocenters. The van der Waals surface area contributed by atoms with Crippen molar-refractivity contribution < 1.29 is 14.3 Å². The number of methoxy groups -OCH3 is 2. The molecule has 0 aromatic heterocycles. The molecular formula is C20H21ClN2O3. The molecule has 2 unspecified atom stereocenters. The molecule has 0 aliphatic carbocycles. The number of hydrogen-bond acceptors (Lipinski definition) is 4. The predicted octanol–water partition coefficient (Wildman–Crippen LogP) is 3.87. The third-order valence-corrected chi connectivity index (χ3v) is 5.50. The van der Waals surface area contributed by atoms with E-state index >= 15 is 0 Å². The number of halogens is 1. The van der Waals surface area contributed by atoms with Crippen LogP contribution in [0.2, 0.25) is 5.02 Å². The standard InChI is InChI=1S/C20H21ClN2O3/c1-25-15-8-5-13(6-9-15)19-22-11-3-4-17(22)20(24)23(19)14-7-10-18(26-2)16(21)12-14/h5-10,12,17,19H,3-4,11H2,1-2H3. The molecule has 0 spiro atoms. The molecule has 2 aromatic rings. The molecule has 6 heteroatoms. The maximum Gasteiger partial charge on any atom is 0.246 e. The molecular weight excluding hydrogens is 352 g/mol. The van der Waals surface area contributed by atoms with Gasteiger partial charge in [0.1, 0.15) is 17.7 Å². The van der Waals surface area contributed by atoms with Gasteiger partial charge in [-0.15, -0.1) is 0 Å². The van der Waals surface area contributed by atoms with E-state index in [-0.39, 0.29) is 18.1 Å². The van der Waals surface area contributed by atoms with Gasteiger partial charge in [0, 0.05) is 12.2 Å². The first-order valence-corrected chi connectivity index (χ1v) is 9.08. The highest BCUT2D eigenvalue weighted by atomic mass is 35.5. The highest BCUT2D eigenvalue weighted by Crippen LogP contribution is 2.43. The van der Waals surface area contributed by atoms with Gasteiger partial charge in [0.05, 0.1) is 25.3 Å². The maximum absolute atomic E-state index is 13.1. The van der Waals surface area contributed by atoms with Crippen LogP contribution in [0.25, 0.3) is 0 Å². The van der Waals surface area contributed by atoms with Gasteiger partial charge in [-0.2, -0.15) is 0 Å². The van der Waals surface area contributed by atoms with Crippen LogP contribution in [0.1, 0.15) is 24.6 Å². The Labute approximate surface area is 158 Å². The van der Waals surface area contributed by atoms with Crippen molar-refractivity contribution in [2.75, 3.05) is 25.7 Å². The molecule has 2 aliphatic heterocycles. The highest BCUT2D eigenvalue weighted by molar-refractivity contribution is 6.32. The first-order chi connectivity index (χ1) is 12.6. The quantitative estimate of drug-likeness (QED) is 0.817. The number of benzene rings is 2. The van der Waals surface area contributed by atoms with Crippen LogP contribution < -0.4 is 14.4 Å². The fraction of sp³-hybridized carbons (Fsp3) is 0.350. The Hall–Kier alpha value is -2.24. The minimum absolute atomic E-state index is 0.0667. The summed E-state index contributed by atoms with van der Waals surface area (Å²) in [6, 6.07) is 13.3. The summed E-state index contributed by atoms with van der Waals surface area (Å²) in [5.41, 5.74) is 1.85. The fourth-order valence-electron chi connectivity index (χ4n) is 3.97. The van der Waals surface area contributed by atoms with Gasteiger partial charge in [0.2, 0.25) is 5.91 Å². The molecule has 2 heterocycles. The topological polar surface area (TPSA) is 42.0 Å². The lowest BCUT2D eigenvalue weighted by molar-refractivity contribution is -0.119. The molecule has 26 heavy (non-hydrogen) atoms. The molecule has 0 saturated carbocycles. The zero-order chi connectivity index (χ0) is 18.3. The lowest BCUT2D eigenvalue weighted by Gasteiger charge is -2.30. The summed E-state index contributed by atoms with van der Waals surface area (Å²) in [4.78, 5) is 17.3. The van der Waals surface area contributed by atoms with Gasteiger partial charge in [0.15, 0.2) is 0 Å². The smallest absolute Gasteiger partial charge is 0.246 e. The van der Waals surface area contributed by atoms with E-state index < -0.39 is 0 Å². The SMILES string of the molecule is COc1ccc(C2N(c3ccc(OC)c(Cl)c3)C(=O)C3CCCN32)cc1. The predicted molar refractivity (Wildman–Crippen MR) is 101 cm³/mol. The van der Waals surface area contributed by atoms with E-state index in [1.807, 2.05) is 35.2 Å². The Bertz CT molecular complexity index is 824. The van der Waals surface area contributed by atoms with Crippen molar-refractivity contribution in [3.63, 3.8) is 0 Å². The van der Waals surface area contributed by atoms with Crippen molar-refractivity contribution in [2.24, 2.45) is 0 Å². The molecule has 136 valence electrons. The van der Waals surface area contributed by atoms with Crippen molar-refractivity contribution in [3.8, 4) is 11.5 Å². The van der Waals surface area contributed by atoms with E-state index in [1.165, 1.54) is 0 Å². The van der Waals surface area contributed by atoms with E-state index in [0.29, 0.717) is 10.8 Å². The molecule has 2 saturated heterocycles. The molecule has 2 fully saturated rings. The first-order valence-electron chi connectivity index (χ1n) is 8.70. The minimum Gasteiger partial charge on any atom is -0.497 e. The van der Waals surface area contributed by atoms with Crippen LogP contribution in [0.5, 0.6) is 11.5 Å². The van der Waals surface area contributed by atoms with E-state index in [9.17, 15) is 4.79 Å². The van der Waals surface area contributed by atoms with Gasteiger partial charge in [0.25, 0.3) is 0 Å². The largest absolute Gasteiger partial charge is 0.497 e. The van der Waals surface area contributed by atoms with Gasteiger partial charge in [-0.1, -0.05) is 23.7 Å². The first kappa shape index (κ1) is 17.2. The number of amides is 1. The zero-order valence-electron chi connectivity index (χ0n) is 14.8. The van der Waals surface area contributed by atoms with E-state index in [2.05, 4.69) is 4.90 Å².